The van der Waals surface area contributed by atoms with Gasteiger partial charge in [0, 0.05) is 11.9 Å². The van der Waals surface area contributed by atoms with Crippen LogP contribution in [0.15, 0.2) is 64.3 Å². The van der Waals surface area contributed by atoms with Gasteiger partial charge in [-0.3, -0.25) is 4.79 Å². The number of rotatable bonds is 6. The molecule has 4 rings (SSSR count). The molecule has 136 valence electrons. The molecule has 1 amide bonds. The van der Waals surface area contributed by atoms with Crippen molar-refractivity contribution in [1.29, 1.82) is 0 Å². The first-order valence-corrected chi connectivity index (χ1v) is 9.45. The van der Waals surface area contributed by atoms with E-state index in [9.17, 15) is 9.18 Å². The third kappa shape index (κ3) is 3.93. The van der Waals surface area contributed by atoms with E-state index in [0.717, 1.165) is 22.0 Å². The lowest BCUT2D eigenvalue weighted by atomic mass is 10.1. The van der Waals surface area contributed by atoms with Gasteiger partial charge in [0.25, 0.3) is 0 Å². The van der Waals surface area contributed by atoms with E-state index in [2.05, 4.69) is 15.3 Å². The molecule has 5 nitrogen and oxygen atoms in total. The van der Waals surface area contributed by atoms with Gasteiger partial charge in [0.2, 0.25) is 5.91 Å². The Hall–Kier alpha value is -2.93. The largest absolute Gasteiger partial charge is 0.451 e. The number of nitrogens with zero attached hydrogens (tertiary/aromatic N) is 2. The molecule has 0 unspecified atom stereocenters. The molecule has 0 saturated carbocycles. The fourth-order valence-corrected chi connectivity index (χ4v) is 3.55. The molecule has 2 aromatic heterocycles. The average Bonchev–Trinajstić information content (AvgIpc) is 3.07. The van der Waals surface area contributed by atoms with Gasteiger partial charge in [-0.05, 0) is 36.2 Å². The van der Waals surface area contributed by atoms with Crippen molar-refractivity contribution in [2.24, 2.45) is 0 Å². The number of nitrogens with one attached hydrogen (secondary N) is 1. The number of carbonyl (C=O) groups is 1. The minimum absolute atomic E-state index is 0.0926. The van der Waals surface area contributed by atoms with Crippen molar-refractivity contribution in [3.05, 3.63) is 66.2 Å². The van der Waals surface area contributed by atoms with Crippen molar-refractivity contribution in [1.82, 2.24) is 15.3 Å². The summed E-state index contributed by atoms with van der Waals surface area (Å²) in [6, 6.07) is 13.9. The van der Waals surface area contributed by atoms with E-state index in [1.165, 1.54) is 30.2 Å². The number of carbonyl (C=O) groups excluding carboxylic acids is 1. The number of halogens is 1. The zero-order chi connectivity index (χ0) is 18.6. The first-order chi connectivity index (χ1) is 13.2. The molecule has 1 N–H and O–H groups in total. The fraction of sp³-hybridized carbons (Fsp3) is 0.150. The number of para-hydroxylation sites is 1. The molecule has 0 aliphatic carbocycles. The van der Waals surface area contributed by atoms with Gasteiger partial charge in [-0.1, -0.05) is 36.0 Å². The molecule has 0 atom stereocenters. The van der Waals surface area contributed by atoms with Crippen molar-refractivity contribution < 1.29 is 13.6 Å². The lowest BCUT2D eigenvalue weighted by Crippen LogP contribution is -2.27. The number of fused-ring (bicyclic) bond motifs is 3. The van der Waals surface area contributed by atoms with Gasteiger partial charge < -0.3 is 9.73 Å². The summed E-state index contributed by atoms with van der Waals surface area (Å²) < 4.78 is 18.7. The monoisotopic (exact) mass is 381 g/mol. The van der Waals surface area contributed by atoms with Crippen LogP contribution in [0.25, 0.3) is 22.1 Å². The number of benzene rings is 2. The lowest BCUT2D eigenvalue weighted by molar-refractivity contribution is -0.118. The van der Waals surface area contributed by atoms with E-state index in [0.29, 0.717) is 23.6 Å². The Balaban J connectivity index is 1.37. The second-order valence-corrected chi connectivity index (χ2v) is 6.93. The van der Waals surface area contributed by atoms with E-state index in [-0.39, 0.29) is 17.5 Å². The summed E-state index contributed by atoms with van der Waals surface area (Å²) in [5.41, 5.74) is 3.07. The maximum absolute atomic E-state index is 12.9. The highest BCUT2D eigenvalue weighted by Crippen LogP contribution is 2.32. The zero-order valence-electron chi connectivity index (χ0n) is 14.3. The number of hydrogen-bond acceptors (Lipinski definition) is 5. The second-order valence-electron chi connectivity index (χ2n) is 5.97. The Kier molecular flexibility index (Phi) is 5.02. The van der Waals surface area contributed by atoms with Gasteiger partial charge in [0.15, 0.2) is 5.58 Å². The zero-order valence-corrected chi connectivity index (χ0v) is 15.1. The van der Waals surface area contributed by atoms with Gasteiger partial charge in [-0.25, -0.2) is 14.4 Å². The standard InChI is InChI=1S/C20H16FN3O2S/c21-14-7-5-13(6-8-14)9-10-22-17(25)11-27-20-19-18(23-12-24-20)15-3-1-2-4-16(15)26-19/h1-8,12H,9-11H2,(H,22,25). The number of aromatic nitrogens is 2. The van der Waals surface area contributed by atoms with Gasteiger partial charge in [0.05, 0.1) is 5.75 Å². The van der Waals surface area contributed by atoms with Crippen LogP contribution in [0, 0.1) is 5.82 Å². The normalized spacial score (nSPS) is 11.1. The van der Waals surface area contributed by atoms with Crippen LogP contribution in [0.3, 0.4) is 0 Å². The molecular formula is C20H16FN3O2S. The molecule has 0 radical (unpaired) electrons. The Morgan fingerprint density at radius 3 is 2.78 bits per heavy atom. The first-order valence-electron chi connectivity index (χ1n) is 8.47. The predicted molar refractivity (Wildman–Crippen MR) is 103 cm³/mol. The molecule has 2 aromatic carbocycles. The van der Waals surface area contributed by atoms with Gasteiger partial charge in [0.1, 0.15) is 28.3 Å². The van der Waals surface area contributed by atoms with E-state index in [1.807, 2.05) is 24.3 Å². The number of furan rings is 1. The van der Waals surface area contributed by atoms with Crippen LogP contribution >= 0.6 is 11.8 Å². The van der Waals surface area contributed by atoms with E-state index in [4.69, 9.17) is 4.42 Å². The van der Waals surface area contributed by atoms with E-state index < -0.39 is 0 Å². The Bertz CT molecular complexity index is 1100. The molecule has 0 bridgehead atoms. The third-order valence-electron chi connectivity index (χ3n) is 4.11. The maximum Gasteiger partial charge on any atom is 0.230 e. The smallest absolute Gasteiger partial charge is 0.230 e. The molecule has 4 aromatic rings. The first kappa shape index (κ1) is 17.5. The summed E-state index contributed by atoms with van der Waals surface area (Å²) in [5, 5.41) is 4.44. The van der Waals surface area contributed by atoms with Gasteiger partial charge in [-0.15, -0.1) is 0 Å². The SMILES string of the molecule is O=C(CSc1ncnc2c1oc1ccccc12)NCCc1ccc(F)cc1. The topological polar surface area (TPSA) is 68.0 Å². The highest BCUT2D eigenvalue weighted by molar-refractivity contribution is 8.00. The molecule has 27 heavy (non-hydrogen) atoms. The molecule has 0 fully saturated rings. The summed E-state index contributed by atoms with van der Waals surface area (Å²) in [7, 11) is 0. The van der Waals surface area contributed by atoms with Crippen molar-refractivity contribution in [2.45, 2.75) is 11.4 Å². The minimum atomic E-state index is -0.263. The summed E-state index contributed by atoms with van der Waals surface area (Å²) >= 11 is 1.31. The quantitative estimate of drug-likeness (QED) is 0.404. The fourth-order valence-electron chi connectivity index (χ4n) is 2.79. The van der Waals surface area contributed by atoms with Crippen LogP contribution in [0.4, 0.5) is 4.39 Å². The Morgan fingerprint density at radius 1 is 1.11 bits per heavy atom. The lowest BCUT2D eigenvalue weighted by Gasteiger charge is -2.05. The molecule has 2 heterocycles. The van der Waals surface area contributed by atoms with Crippen LogP contribution in [-0.2, 0) is 11.2 Å². The highest BCUT2D eigenvalue weighted by atomic mass is 32.2. The Labute approximate surface area is 159 Å². The number of amides is 1. The van der Waals surface area contributed by atoms with Crippen molar-refractivity contribution in [2.75, 3.05) is 12.3 Å². The number of thioether (sulfide) groups is 1. The van der Waals surface area contributed by atoms with Crippen LogP contribution in [-0.4, -0.2) is 28.2 Å². The van der Waals surface area contributed by atoms with Gasteiger partial charge >= 0.3 is 0 Å². The van der Waals surface area contributed by atoms with Crippen LogP contribution < -0.4 is 5.32 Å². The molecule has 0 spiro atoms. The van der Waals surface area contributed by atoms with Crippen LogP contribution in [0.5, 0.6) is 0 Å². The predicted octanol–water partition coefficient (Wildman–Crippen LogP) is 3.97. The van der Waals surface area contributed by atoms with Crippen molar-refractivity contribution in [3.63, 3.8) is 0 Å². The minimum Gasteiger partial charge on any atom is -0.451 e. The third-order valence-corrected chi connectivity index (χ3v) is 5.09. The van der Waals surface area contributed by atoms with Crippen LogP contribution in [0.2, 0.25) is 0 Å². The summed E-state index contributed by atoms with van der Waals surface area (Å²) in [4.78, 5) is 20.7. The highest BCUT2D eigenvalue weighted by Gasteiger charge is 2.14. The summed E-state index contributed by atoms with van der Waals surface area (Å²) in [5.74, 6) is -0.127. The van der Waals surface area contributed by atoms with Crippen LogP contribution in [0.1, 0.15) is 5.56 Å². The molecular weight excluding hydrogens is 365 g/mol. The molecule has 0 aliphatic heterocycles. The summed E-state index contributed by atoms with van der Waals surface area (Å²) in [6.07, 6.45) is 2.14. The Morgan fingerprint density at radius 2 is 1.93 bits per heavy atom. The van der Waals surface area contributed by atoms with E-state index >= 15 is 0 Å². The average molecular weight is 381 g/mol. The summed E-state index contributed by atoms with van der Waals surface area (Å²) in [6.45, 7) is 0.495. The number of hydrogen-bond donors (Lipinski definition) is 1. The molecule has 0 saturated heterocycles. The second kappa shape index (κ2) is 7.75. The molecule has 7 heteroatoms. The maximum atomic E-state index is 12.9. The van der Waals surface area contributed by atoms with Crippen molar-refractivity contribution >= 4 is 39.7 Å². The van der Waals surface area contributed by atoms with Crippen molar-refractivity contribution in [3.8, 4) is 0 Å². The van der Waals surface area contributed by atoms with Gasteiger partial charge in [-0.2, -0.15) is 0 Å². The molecule has 0 aliphatic rings. The van der Waals surface area contributed by atoms with E-state index in [1.54, 1.807) is 12.1 Å².